The Morgan fingerprint density at radius 3 is 2.36 bits per heavy atom. The van der Waals surface area contributed by atoms with Gasteiger partial charge < -0.3 is 10.8 Å². The first-order chi connectivity index (χ1) is 6.64. The third-order valence-corrected chi connectivity index (χ3v) is 3.87. The summed E-state index contributed by atoms with van der Waals surface area (Å²) < 4.78 is 0. The maximum atomic E-state index is 10.3. The second-order valence-corrected chi connectivity index (χ2v) is 5.09. The Labute approximate surface area is 87.9 Å². The van der Waals surface area contributed by atoms with Crippen LogP contribution < -0.4 is 5.73 Å². The zero-order valence-electron chi connectivity index (χ0n) is 9.63. The highest BCUT2D eigenvalue weighted by molar-refractivity contribution is 4.90. The summed E-state index contributed by atoms with van der Waals surface area (Å²) in [5, 5.41) is 10.3. The van der Waals surface area contributed by atoms with E-state index in [0.717, 1.165) is 12.8 Å². The molecular formula is C12H25NO. The second kappa shape index (κ2) is 5.13. The lowest BCUT2D eigenvalue weighted by atomic mass is 9.75. The van der Waals surface area contributed by atoms with Gasteiger partial charge in [0.25, 0.3) is 0 Å². The van der Waals surface area contributed by atoms with Gasteiger partial charge >= 0.3 is 0 Å². The van der Waals surface area contributed by atoms with E-state index in [1.807, 2.05) is 0 Å². The molecule has 0 heterocycles. The van der Waals surface area contributed by atoms with Gasteiger partial charge in [-0.25, -0.2) is 0 Å². The van der Waals surface area contributed by atoms with Crippen molar-refractivity contribution in [3.8, 4) is 0 Å². The summed E-state index contributed by atoms with van der Waals surface area (Å²) in [6, 6.07) is 0. The van der Waals surface area contributed by atoms with E-state index in [4.69, 9.17) is 5.73 Å². The molecule has 0 amide bonds. The van der Waals surface area contributed by atoms with Gasteiger partial charge in [0.15, 0.2) is 0 Å². The van der Waals surface area contributed by atoms with Gasteiger partial charge in [0.1, 0.15) is 0 Å². The predicted molar refractivity (Wildman–Crippen MR) is 60.0 cm³/mol. The van der Waals surface area contributed by atoms with Crippen molar-refractivity contribution in [1.29, 1.82) is 0 Å². The molecule has 14 heavy (non-hydrogen) atoms. The molecule has 3 N–H and O–H groups in total. The number of rotatable bonds is 5. The molecule has 1 aliphatic carbocycles. The zero-order valence-corrected chi connectivity index (χ0v) is 9.63. The van der Waals surface area contributed by atoms with Crippen LogP contribution in [0.25, 0.3) is 0 Å². The quantitative estimate of drug-likeness (QED) is 0.713. The van der Waals surface area contributed by atoms with Crippen molar-refractivity contribution in [3.05, 3.63) is 0 Å². The van der Waals surface area contributed by atoms with Crippen LogP contribution >= 0.6 is 0 Å². The van der Waals surface area contributed by atoms with Crippen LogP contribution in [0, 0.1) is 11.3 Å². The summed E-state index contributed by atoms with van der Waals surface area (Å²) >= 11 is 0. The molecule has 0 aromatic carbocycles. The molecule has 0 radical (unpaired) electrons. The Morgan fingerprint density at radius 2 is 1.93 bits per heavy atom. The molecule has 1 saturated carbocycles. The summed E-state index contributed by atoms with van der Waals surface area (Å²) in [5.74, 6) is 0.308. The first kappa shape index (κ1) is 12.0. The predicted octanol–water partition coefficient (Wildman–Crippen LogP) is 2.30. The van der Waals surface area contributed by atoms with Gasteiger partial charge in [0.05, 0.1) is 6.10 Å². The van der Waals surface area contributed by atoms with Gasteiger partial charge in [-0.05, 0) is 37.1 Å². The molecule has 84 valence electrons. The molecule has 1 rings (SSSR count). The normalized spacial score (nSPS) is 24.9. The van der Waals surface area contributed by atoms with Gasteiger partial charge in [0.2, 0.25) is 0 Å². The lowest BCUT2D eigenvalue weighted by molar-refractivity contribution is -0.00588. The summed E-state index contributed by atoms with van der Waals surface area (Å²) in [6.07, 6.45) is 6.90. The molecule has 2 unspecified atom stereocenters. The van der Waals surface area contributed by atoms with Crippen LogP contribution in [0.1, 0.15) is 52.4 Å². The Hall–Kier alpha value is -0.0800. The van der Waals surface area contributed by atoms with Crippen molar-refractivity contribution in [2.45, 2.75) is 58.5 Å². The number of aliphatic hydroxyl groups is 1. The van der Waals surface area contributed by atoms with Crippen LogP contribution in [0.15, 0.2) is 0 Å². The van der Waals surface area contributed by atoms with E-state index in [0.29, 0.717) is 12.5 Å². The van der Waals surface area contributed by atoms with E-state index < -0.39 is 0 Å². The average Bonchev–Trinajstić information content (AvgIpc) is 2.62. The fourth-order valence-electron chi connectivity index (χ4n) is 2.82. The smallest absolute Gasteiger partial charge is 0.0633 e. The topological polar surface area (TPSA) is 46.2 Å². The first-order valence-electron chi connectivity index (χ1n) is 6.02. The third kappa shape index (κ3) is 2.48. The minimum atomic E-state index is -0.185. The van der Waals surface area contributed by atoms with E-state index in [-0.39, 0.29) is 11.5 Å². The lowest BCUT2D eigenvalue weighted by Gasteiger charge is -2.35. The van der Waals surface area contributed by atoms with Crippen LogP contribution in [0.3, 0.4) is 0 Å². The minimum Gasteiger partial charge on any atom is -0.392 e. The highest BCUT2D eigenvalue weighted by Gasteiger charge is 2.39. The molecule has 0 aromatic rings. The largest absolute Gasteiger partial charge is 0.392 e. The van der Waals surface area contributed by atoms with E-state index in [1.54, 1.807) is 0 Å². The van der Waals surface area contributed by atoms with Crippen LogP contribution in [0.4, 0.5) is 0 Å². The number of hydrogen-bond acceptors (Lipinski definition) is 2. The molecule has 1 fully saturated rings. The monoisotopic (exact) mass is 199 g/mol. The summed E-state index contributed by atoms with van der Waals surface area (Å²) in [6.45, 7) is 5.01. The van der Waals surface area contributed by atoms with E-state index in [9.17, 15) is 5.11 Å². The van der Waals surface area contributed by atoms with E-state index in [2.05, 4.69) is 13.8 Å². The van der Waals surface area contributed by atoms with Crippen molar-refractivity contribution in [2.24, 2.45) is 17.1 Å². The zero-order chi connectivity index (χ0) is 10.6. The molecule has 2 nitrogen and oxygen atoms in total. The molecule has 2 atom stereocenters. The highest BCUT2D eigenvalue weighted by atomic mass is 16.3. The Morgan fingerprint density at radius 1 is 1.36 bits per heavy atom. The molecule has 2 heteroatoms. The van der Waals surface area contributed by atoms with Gasteiger partial charge in [-0.1, -0.05) is 33.1 Å². The summed E-state index contributed by atoms with van der Waals surface area (Å²) in [7, 11) is 0. The molecule has 0 aliphatic heterocycles. The number of hydrogen-bond donors (Lipinski definition) is 2. The molecule has 0 spiro atoms. The average molecular weight is 199 g/mol. The Kier molecular flexibility index (Phi) is 4.39. The van der Waals surface area contributed by atoms with Crippen molar-refractivity contribution in [3.63, 3.8) is 0 Å². The van der Waals surface area contributed by atoms with E-state index in [1.165, 1.54) is 25.7 Å². The summed E-state index contributed by atoms with van der Waals surface area (Å²) in [4.78, 5) is 0. The summed E-state index contributed by atoms with van der Waals surface area (Å²) in [5.41, 5.74) is 5.88. The maximum Gasteiger partial charge on any atom is 0.0633 e. The Balaban J connectivity index is 2.55. The fraction of sp³-hybridized carbons (Fsp3) is 1.00. The van der Waals surface area contributed by atoms with E-state index >= 15 is 0 Å². The molecule has 0 bridgehead atoms. The molecule has 0 aromatic heterocycles. The van der Waals surface area contributed by atoms with Crippen molar-refractivity contribution in [2.75, 3.05) is 6.54 Å². The van der Waals surface area contributed by atoms with Gasteiger partial charge in [-0.15, -0.1) is 0 Å². The van der Waals surface area contributed by atoms with Crippen molar-refractivity contribution < 1.29 is 5.11 Å². The molecule has 1 aliphatic rings. The maximum absolute atomic E-state index is 10.3. The molecular weight excluding hydrogens is 174 g/mol. The van der Waals surface area contributed by atoms with Gasteiger partial charge in [-0.3, -0.25) is 0 Å². The Bertz CT molecular complexity index is 164. The highest BCUT2D eigenvalue weighted by Crippen LogP contribution is 2.43. The fourth-order valence-corrected chi connectivity index (χ4v) is 2.82. The van der Waals surface area contributed by atoms with Crippen LogP contribution in [-0.4, -0.2) is 17.8 Å². The lowest BCUT2D eigenvalue weighted by Crippen LogP contribution is -2.39. The first-order valence-corrected chi connectivity index (χ1v) is 6.02. The van der Waals surface area contributed by atoms with Crippen LogP contribution in [-0.2, 0) is 0 Å². The molecule has 0 saturated heterocycles. The SMILES string of the molecule is CCCC(CN)C(O)C1(C)CCCC1. The van der Waals surface area contributed by atoms with Crippen LogP contribution in [0.2, 0.25) is 0 Å². The minimum absolute atomic E-state index is 0.152. The standard InChI is InChI=1S/C12H25NO/c1-3-6-10(9-13)11(14)12(2)7-4-5-8-12/h10-11,14H,3-9,13H2,1-2H3. The van der Waals surface area contributed by atoms with Crippen molar-refractivity contribution in [1.82, 2.24) is 0 Å². The number of nitrogens with two attached hydrogens (primary N) is 1. The number of aliphatic hydroxyl groups excluding tert-OH is 1. The van der Waals surface area contributed by atoms with Crippen molar-refractivity contribution >= 4 is 0 Å². The van der Waals surface area contributed by atoms with Crippen LogP contribution in [0.5, 0.6) is 0 Å². The second-order valence-electron chi connectivity index (χ2n) is 5.09. The van der Waals surface area contributed by atoms with Gasteiger partial charge in [0, 0.05) is 0 Å². The van der Waals surface area contributed by atoms with Gasteiger partial charge in [-0.2, -0.15) is 0 Å². The third-order valence-electron chi connectivity index (χ3n) is 3.87.